The Hall–Kier alpha value is -4.23. The summed E-state index contributed by atoms with van der Waals surface area (Å²) in [5.41, 5.74) is 3.32. The lowest BCUT2D eigenvalue weighted by Gasteiger charge is -2.43. The van der Waals surface area contributed by atoms with E-state index in [4.69, 9.17) is 33.4 Å². The summed E-state index contributed by atoms with van der Waals surface area (Å²) in [6.07, 6.45) is -5.21. The highest BCUT2D eigenvalue weighted by Gasteiger charge is 2.56. The van der Waals surface area contributed by atoms with Crippen molar-refractivity contribution in [3.05, 3.63) is 53.2 Å². The first-order valence-corrected chi connectivity index (χ1v) is 14.0. The third kappa shape index (κ3) is 6.42. The topological polar surface area (TPSA) is 143 Å². The van der Waals surface area contributed by atoms with Crippen molar-refractivity contribution in [3.63, 3.8) is 0 Å². The Morgan fingerprint density at radius 2 is 1.58 bits per heavy atom. The van der Waals surface area contributed by atoms with E-state index < -0.39 is 54.6 Å². The summed E-state index contributed by atoms with van der Waals surface area (Å²) in [6, 6.07) is 10.3. The van der Waals surface area contributed by atoms with Crippen LogP contribution in [-0.2, 0) is 49.3 Å². The van der Waals surface area contributed by atoms with Gasteiger partial charge in [-0.25, -0.2) is 9.78 Å². The zero-order valence-corrected chi connectivity index (χ0v) is 24.7. The molecule has 0 saturated carbocycles. The molecule has 6 atom stereocenters. The summed E-state index contributed by atoms with van der Waals surface area (Å²) >= 11 is 0. The predicted octanol–water partition coefficient (Wildman–Crippen LogP) is 1.55. The van der Waals surface area contributed by atoms with E-state index in [9.17, 15) is 19.2 Å². The molecule has 3 aliphatic rings. The molecule has 0 spiro atoms. The van der Waals surface area contributed by atoms with Crippen molar-refractivity contribution in [1.82, 2.24) is 9.88 Å². The van der Waals surface area contributed by atoms with Gasteiger partial charge < -0.3 is 38.2 Å². The normalized spacial score (nSPS) is 26.5. The van der Waals surface area contributed by atoms with Crippen LogP contribution < -0.4 is 9.64 Å². The Kier molecular flexibility index (Phi) is 8.83. The minimum atomic E-state index is -1.55. The number of methoxy groups -OCH3 is 1. The zero-order valence-electron chi connectivity index (χ0n) is 24.7. The number of carbonyl (C=O) groups is 4. The molecule has 1 aromatic heterocycles. The van der Waals surface area contributed by atoms with Gasteiger partial charge in [0.05, 0.1) is 19.3 Å². The highest BCUT2D eigenvalue weighted by Crippen LogP contribution is 2.39. The lowest BCUT2D eigenvalue weighted by Crippen LogP contribution is -2.64. The number of pyridine rings is 1. The van der Waals surface area contributed by atoms with Gasteiger partial charge in [-0.2, -0.15) is 0 Å². The summed E-state index contributed by atoms with van der Waals surface area (Å²) in [7, 11) is 3.24. The second kappa shape index (κ2) is 12.6. The minimum Gasteiger partial charge on any atom is -0.467 e. The molecule has 1 aromatic carbocycles. The first kappa shape index (κ1) is 30.2. The van der Waals surface area contributed by atoms with Crippen LogP contribution in [0, 0.1) is 0 Å². The van der Waals surface area contributed by atoms with Crippen LogP contribution in [0.1, 0.15) is 43.5 Å². The third-order valence-electron chi connectivity index (χ3n) is 7.66. The molecule has 13 heteroatoms. The fraction of sp³-hybridized carbons (Fsp3) is 0.500. The monoisotopic (exact) mass is 597 g/mol. The van der Waals surface area contributed by atoms with Gasteiger partial charge in [0.25, 0.3) is 0 Å². The maximum absolute atomic E-state index is 12.8. The number of aromatic nitrogens is 1. The number of nitrogens with zero attached hydrogens (tertiary/aromatic N) is 3. The van der Waals surface area contributed by atoms with E-state index in [2.05, 4.69) is 29.0 Å². The van der Waals surface area contributed by atoms with E-state index >= 15 is 0 Å². The number of fused-ring (bicyclic) bond motifs is 5. The van der Waals surface area contributed by atoms with Gasteiger partial charge in [0, 0.05) is 52.4 Å². The van der Waals surface area contributed by atoms with Crippen LogP contribution in [0.5, 0.6) is 5.75 Å². The maximum atomic E-state index is 12.8. The number of benzene rings is 1. The van der Waals surface area contributed by atoms with E-state index in [1.165, 1.54) is 17.3 Å². The lowest BCUT2D eigenvalue weighted by molar-refractivity contribution is -0.282. The number of carbonyl (C=O) groups excluding carboxylic acids is 4. The number of esters is 4. The molecule has 2 saturated heterocycles. The molecule has 43 heavy (non-hydrogen) atoms. The molecule has 230 valence electrons. The van der Waals surface area contributed by atoms with Gasteiger partial charge in [-0.3, -0.25) is 14.4 Å². The molecule has 0 amide bonds. The van der Waals surface area contributed by atoms with Crippen molar-refractivity contribution in [2.24, 2.45) is 0 Å². The average Bonchev–Trinajstić information content (AvgIpc) is 3.08. The lowest BCUT2D eigenvalue weighted by atomic mass is 9.96. The average molecular weight is 598 g/mol. The van der Waals surface area contributed by atoms with Gasteiger partial charge in [0.2, 0.25) is 12.4 Å². The van der Waals surface area contributed by atoms with E-state index in [0.717, 1.165) is 58.9 Å². The zero-order chi connectivity index (χ0) is 30.8. The maximum Gasteiger partial charge on any atom is 0.339 e. The summed E-state index contributed by atoms with van der Waals surface area (Å²) in [5, 5.41) is 0. The minimum absolute atomic E-state index is 0.133. The number of rotatable bonds is 6. The molecular weight excluding hydrogens is 562 g/mol. The summed E-state index contributed by atoms with van der Waals surface area (Å²) < 4.78 is 33.2. The number of piperazine rings is 1. The van der Waals surface area contributed by atoms with Crippen LogP contribution in [-0.4, -0.2) is 98.3 Å². The molecule has 4 heterocycles. The number of likely N-dealkylation sites (N-methyl/N-ethyl adjacent to an activating group) is 1. The predicted molar refractivity (Wildman–Crippen MR) is 149 cm³/mol. The van der Waals surface area contributed by atoms with E-state index in [1.807, 2.05) is 18.2 Å². The number of hydrogen-bond acceptors (Lipinski definition) is 13. The van der Waals surface area contributed by atoms with Crippen molar-refractivity contribution in [1.29, 1.82) is 0 Å². The molecule has 0 radical (unpaired) electrons. The quantitative estimate of drug-likeness (QED) is 0.351. The fourth-order valence-corrected chi connectivity index (χ4v) is 5.91. The van der Waals surface area contributed by atoms with Gasteiger partial charge in [0.1, 0.15) is 11.6 Å². The molecule has 3 aliphatic heterocycles. The summed E-state index contributed by atoms with van der Waals surface area (Å²) in [5.74, 6) is -2.09. The van der Waals surface area contributed by atoms with Crippen molar-refractivity contribution in [2.45, 2.75) is 63.9 Å². The SMILES string of the molecule is COC(=O)[C@H]1O[C@@H](Oc2cnc3c(c2)Cc2ccccc2[C@H]2CN(C)CCN32)[C@H](OC(C)=O)[C@@H](OC(C)=O)[C@@H]1OC(C)=O. The molecular formula is C30H35N3O10. The van der Waals surface area contributed by atoms with E-state index in [1.54, 1.807) is 0 Å². The number of hydrogen-bond donors (Lipinski definition) is 0. The molecule has 0 aliphatic carbocycles. The Balaban J connectivity index is 1.51. The standard InChI is InChI=1S/C30H35N3O10/c1-16(34)39-24-25(40-17(2)35)27(41-18(3)36)30(43-26(24)29(37)38-5)42-21-13-20-12-19-8-6-7-9-22(19)23-15-32(4)10-11-33(23)28(20)31-14-21/h6-9,13-14,23-27,30H,10-12,15H2,1-5H3/t23-,24+,25+,26+,27-,30-/m1/s1. The molecule has 0 N–H and O–H groups in total. The van der Waals surface area contributed by atoms with Crippen LogP contribution in [0.4, 0.5) is 5.82 Å². The largest absolute Gasteiger partial charge is 0.467 e. The summed E-state index contributed by atoms with van der Waals surface area (Å²) in [4.78, 5) is 58.3. The van der Waals surface area contributed by atoms with Crippen molar-refractivity contribution < 1.29 is 47.6 Å². The Morgan fingerprint density at radius 3 is 2.28 bits per heavy atom. The van der Waals surface area contributed by atoms with Crippen LogP contribution in [0.3, 0.4) is 0 Å². The van der Waals surface area contributed by atoms with Crippen LogP contribution in [0.15, 0.2) is 36.5 Å². The molecule has 5 rings (SSSR count). The second-order valence-corrected chi connectivity index (χ2v) is 10.8. The number of ether oxygens (including phenoxy) is 6. The number of anilines is 1. The van der Waals surface area contributed by atoms with Crippen LogP contribution >= 0.6 is 0 Å². The van der Waals surface area contributed by atoms with Gasteiger partial charge in [-0.05, 0) is 24.2 Å². The molecule has 0 bridgehead atoms. The highest BCUT2D eigenvalue weighted by molar-refractivity contribution is 5.77. The molecule has 2 fully saturated rings. The first-order valence-electron chi connectivity index (χ1n) is 14.0. The Bertz CT molecular complexity index is 1400. The first-order chi connectivity index (χ1) is 20.5. The van der Waals surface area contributed by atoms with Crippen molar-refractivity contribution >= 4 is 29.7 Å². The third-order valence-corrected chi connectivity index (χ3v) is 7.66. The Morgan fingerprint density at radius 1 is 0.907 bits per heavy atom. The smallest absolute Gasteiger partial charge is 0.339 e. The van der Waals surface area contributed by atoms with Gasteiger partial charge in [-0.15, -0.1) is 0 Å². The molecule has 2 aromatic rings. The van der Waals surface area contributed by atoms with Crippen molar-refractivity contribution in [3.8, 4) is 5.75 Å². The van der Waals surface area contributed by atoms with Crippen LogP contribution in [0.25, 0.3) is 0 Å². The van der Waals surface area contributed by atoms with Gasteiger partial charge >= 0.3 is 23.9 Å². The van der Waals surface area contributed by atoms with Crippen LogP contribution in [0.2, 0.25) is 0 Å². The van der Waals surface area contributed by atoms with E-state index in [-0.39, 0.29) is 11.8 Å². The summed E-state index contributed by atoms with van der Waals surface area (Å²) in [6.45, 7) is 5.93. The second-order valence-electron chi connectivity index (χ2n) is 10.8. The Labute approximate surface area is 248 Å². The highest BCUT2D eigenvalue weighted by atomic mass is 16.7. The van der Waals surface area contributed by atoms with Gasteiger partial charge in [-0.1, -0.05) is 24.3 Å². The molecule has 13 nitrogen and oxygen atoms in total. The van der Waals surface area contributed by atoms with Gasteiger partial charge in [0.15, 0.2) is 18.3 Å². The molecule has 0 unspecified atom stereocenters. The fourth-order valence-electron chi connectivity index (χ4n) is 5.91. The van der Waals surface area contributed by atoms with E-state index in [0.29, 0.717) is 6.42 Å². The van der Waals surface area contributed by atoms with Crippen molar-refractivity contribution in [2.75, 3.05) is 38.7 Å².